The molecule has 0 radical (unpaired) electrons. The second kappa shape index (κ2) is 9.97. The number of likely N-dealkylation sites (tertiary alicyclic amines) is 1. The van der Waals surface area contributed by atoms with Crippen LogP contribution >= 0.6 is 0 Å². The minimum Gasteiger partial charge on any atom is -0.478 e. The zero-order chi connectivity index (χ0) is 23.4. The molecule has 8 heteroatoms. The maximum Gasteiger partial charge on any atom is 0.338 e. The van der Waals surface area contributed by atoms with Crippen molar-refractivity contribution in [3.05, 3.63) is 59.7 Å². The Morgan fingerprint density at radius 3 is 2.55 bits per heavy atom. The summed E-state index contributed by atoms with van der Waals surface area (Å²) in [6.07, 6.45) is 5.77. The maximum absolute atomic E-state index is 13.3. The number of hydrogen-bond donors (Lipinski definition) is 3. The van der Waals surface area contributed by atoms with Crippen molar-refractivity contribution >= 4 is 32.9 Å². The summed E-state index contributed by atoms with van der Waals surface area (Å²) in [5.41, 5.74) is 2.72. The van der Waals surface area contributed by atoms with Crippen LogP contribution in [0.15, 0.2) is 47.9 Å². The summed E-state index contributed by atoms with van der Waals surface area (Å²) in [6.45, 7) is 7.93. The lowest BCUT2D eigenvalue weighted by Crippen LogP contribution is -2.23. The minimum atomic E-state index is -4.01. The van der Waals surface area contributed by atoms with E-state index < -0.39 is 16.0 Å². The number of carboxylic acids is 1. The van der Waals surface area contributed by atoms with Gasteiger partial charge < -0.3 is 15.3 Å². The van der Waals surface area contributed by atoms with E-state index in [0.29, 0.717) is 24.2 Å². The Morgan fingerprint density at radius 1 is 1.03 bits per heavy atom. The number of allylic oxidation sites excluding steroid dienone is 1. The van der Waals surface area contributed by atoms with Crippen molar-refractivity contribution in [1.29, 1.82) is 0 Å². The number of hydrogen-bond acceptors (Lipinski definition) is 5. The number of carboxylic acid groups (broad SMARTS) is 1. The van der Waals surface area contributed by atoms with Crippen molar-refractivity contribution in [2.24, 2.45) is 0 Å². The van der Waals surface area contributed by atoms with E-state index in [1.807, 2.05) is 0 Å². The van der Waals surface area contributed by atoms with Gasteiger partial charge in [0.05, 0.1) is 16.9 Å². The van der Waals surface area contributed by atoms with Crippen molar-refractivity contribution in [1.82, 2.24) is 4.90 Å². The van der Waals surface area contributed by atoms with Gasteiger partial charge in [0, 0.05) is 6.54 Å². The number of fused-ring (bicyclic) bond motifs is 1. The van der Waals surface area contributed by atoms with Crippen LogP contribution in [0.2, 0.25) is 0 Å². The lowest BCUT2D eigenvalue weighted by Gasteiger charge is -2.23. The first-order valence-corrected chi connectivity index (χ1v) is 13.0. The third-order valence-electron chi connectivity index (χ3n) is 6.37. The first-order chi connectivity index (χ1) is 15.9. The van der Waals surface area contributed by atoms with Crippen molar-refractivity contribution < 1.29 is 18.3 Å². The summed E-state index contributed by atoms with van der Waals surface area (Å²) in [7, 11) is -4.01. The zero-order valence-corrected chi connectivity index (χ0v) is 19.6. The van der Waals surface area contributed by atoms with Gasteiger partial charge in [-0.2, -0.15) is 0 Å². The number of nitrogens with zero attached hydrogens (tertiary/aromatic N) is 1. The molecule has 0 bridgehead atoms. The van der Waals surface area contributed by atoms with Gasteiger partial charge >= 0.3 is 5.97 Å². The van der Waals surface area contributed by atoms with Gasteiger partial charge in [0.1, 0.15) is 4.90 Å². The van der Waals surface area contributed by atoms with E-state index in [2.05, 4.69) is 21.5 Å². The fourth-order valence-electron chi connectivity index (χ4n) is 4.76. The molecule has 0 amide bonds. The standard InChI is InChI=1S/C25H31N3O4S/c1-18-8-6-9-19-12-13-21(24(23(18)19)25(29)30)27-33(31,32)22-11-3-2-10-20(22)26-14-7-17-28-15-4-5-16-28/h2-3,10-13,26-27H,1,4-9,14-17H2,(H,29,30). The Hall–Kier alpha value is -2.84. The van der Waals surface area contributed by atoms with Crippen LogP contribution in [0.4, 0.5) is 11.4 Å². The maximum atomic E-state index is 13.3. The predicted molar refractivity (Wildman–Crippen MR) is 131 cm³/mol. The van der Waals surface area contributed by atoms with E-state index in [-0.39, 0.29) is 16.1 Å². The van der Waals surface area contributed by atoms with Gasteiger partial charge in [0.15, 0.2) is 0 Å². The first kappa shape index (κ1) is 23.3. The average Bonchev–Trinajstić information content (AvgIpc) is 3.30. The number of aromatic carboxylic acids is 1. The second-order valence-corrected chi connectivity index (χ2v) is 10.4. The summed E-state index contributed by atoms with van der Waals surface area (Å²) >= 11 is 0. The number of nitrogens with one attached hydrogen (secondary N) is 2. The Balaban J connectivity index is 1.55. The number of para-hydroxylation sites is 1. The number of anilines is 2. The molecule has 1 heterocycles. The lowest BCUT2D eigenvalue weighted by molar-refractivity contribution is 0.0697. The van der Waals surface area contributed by atoms with Gasteiger partial charge in [-0.15, -0.1) is 0 Å². The van der Waals surface area contributed by atoms with E-state index in [0.717, 1.165) is 50.0 Å². The summed E-state index contributed by atoms with van der Waals surface area (Å²) in [4.78, 5) is 14.6. The quantitative estimate of drug-likeness (QED) is 0.470. The summed E-state index contributed by atoms with van der Waals surface area (Å²) in [6, 6.07) is 10.1. The van der Waals surface area contributed by atoms with Crippen LogP contribution in [0, 0.1) is 0 Å². The van der Waals surface area contributed by atoms with Crippen LogP contribution in [-0.2, 0) is 16.4 Å². The Morgan fingerprint density at radius 2 is 1.79 bits per heavy atom. The van der Waals surface area contributed by atoms with Gasteiger partial charge in [0.2, 0.25) is 0 Å². The monoisotopic (exact) mass is 469 g/mol. The van der Waals surface area contributed by atoms with E-state index in [1.165, 1.54) is 18.9 Å². The number of sulfonamides is 1. The molecule has 2 aliphatic rings. The topological polar surface area (TPSA) is 98.7 Å². The average molecular weight is 470 g/mol. The smallest absolute Gasteiger partial charge is 0.338 e. The van der Waals surface area contributed by atoms with Gasteiger partial charge in [-0.05, 0) is 93.1 Å². The highest BCUT2D eigenvalue weighted by atomic mass is 32.2. The molecular formula is C25H31N3O4S. The highest BCUT2D eigenvalue weighted by Crippen LogP contribution is 2.37. The highest BCUT2D eigenvalue weighted by Gasteiger charge is 2.27. The molecule has 176 valence electrons. The Labute approximate surface area is 195 Å². The van der Waals surface area contributed by atoms with Gasteiger partial charge in [0.25, 0.3) is 10.0 Å². The molecule has 4 rings (SSSR count). The van der Waals surface area contributed by atoms with Crippen molar-refractivity contribution in [3.8, 4) is 0 Å². The molecule has 0 aromatic heterocycles. The molecule has 0 saturated carbocycles. The van der Waals surface area contributed by atoms with Gasteiger partial charge in [-0.3, -0.25) is 4.72 Å². The Kier molecular flexibility index (Phi) is 7.05. The van der Waals surface area contributed by atoms with E-state index in [1.54, 1.807) is 30.3 Å². The van der Waals surface area contributed by atoms with Crippen LogP contribution in [0.3, 0.4) is 0 Å². The van der Waals surface area contributed by atoms with Crippen molar-refractivity contribution in [2.45, 2.75) is 43.4 Å². The molecule has 2 aromatic rings. The van der Waals surface area contributed by atoms with Crippen LogP contribution in [0.1, 0.15) is 53.6 Å². The molecule has 0 unspecified atom stereocenters. The Bertz CT molecular complexity index is 1150. The number of rotatable bonds is 9. The van der Waals surface area contributed by atoms with Crippen molar-refractivity contribution in [2.75, 3.05) is 36.2 Å². The minimum absolute atomic E-state index is 0.0307. The van der Waals surface area contributed by atoms with Crippen LogP contribution in [0.25, 0.3) is 5.57 Å². The molecule has 7 nitrogen and oxygen atoms in total. The molecule has 2 aromatic carbocycles. The molecule has 33 heavy (non-hydrogen) atoms. The normalized spacial score (nSPS) is 16.4. The molecular weight excluding hydrogens is 438 g/mol. The first-order valence-electron chi connectivity index (χ1n) is 11.5. The third kappa shape index (κ3) is 5.23. The lowest BCUT2D eigenvalue weighted by atomic mass is 9.84. The van der Waals surface area contributed by atoms with Crippen LogP contribution < -0.4 is 10.0 Å². The summed E-state index contributed by atoms with van der Waals surface area (Å²) in [5, 5.41) is 13.1. The fourth-order valence-corrected chi connectivity index (χ4v) is 6.02. The predicted octanol–water partition coefficient (Wildman–Crippen LogP) is 4.43. The molecule has 1 saturated heterocycles. The van der Waals surface area contributed by atoms with Crippen molar-refractivity contribution in [3.63, 3.8) is 0 Å². The molecule has 1 aliphatic heterocycles. The van der Waals surface area contributed by atoms with Crippen LogP contribution in [-0.4, -0.2) is 50.6 Å². The van der Waals surface area contributed by atoms with E-state index in [4.69, 9.17) is 0 Å². The molecule has 0 atom stereocenters. The number of carbonyl (C=O) groups is 1. The fraction of sp³-hybridized carbons (Fsp3) is 0.400. The van der Waals surface area contributed by atoms with E-state index >= 15 is 0 Å². The number of benzene rings is 2. The summed E-state index contributed by atoms with van der Waals surface area (Å²) in [5.74, 6) is -1.17. The van der Waals surface area contributed by atoms with E-state index in [9.17, 15) is 18.3 Å². The highest BCUT2D eigenvalue weighted by molar-refractivity contribution is 7.92. The zero-order valence-electron chi connectivity index (χ0n) is 18.8. The number of aryl methyl sites for hydroxylation is 1. The molecule has 0 spiro atoms. The largest absolute Gasteiger partial charge is 0.478 e. The molecule has 1 aliphatic carbocycles. The molecule has 1 fully saturated rings. The van der Waals surface area contributed by atoms with Gasteiger partial charge in [-0.1, -0.05) is 24.8 Å². The molecule has 3 N–H and O–H groups in total. The SMILES string of the molecule is C=C1CCCc2ccc(NS(=O)(=O)c3ccccc3NCCCN3CCCC3)c(C(=O)O)c21. The third-order valence-corrected chi connectivity index (χ3v) is 7.79. The van der Waals surface area contributed by atoms with Gasteiger partial charge in [-0.25, -0.2) is 13.2 Å². The second-order valence-electron chi connectivity index (χ2n) is 8.72. The summed E-state index contributed by atoms with van der Waals surface area (Å²) < 4.78 is 29.2. The van der Waals surface area contributed by atoms with Crippen LogP contribution in [0.5, 0.6) is 0 Å².